The van der Waals surface area contributed by atoms with Crippen molar-refractivity contribution in [3.05, 3.63) is 47.9 Å². The Labute approximate surface area is 130 Å². The predicted molar refractivity (Wildman–Crippen MR) is 85.9 cm³/mol. The predicted octanol–water partition coefficient (Wildman–Crippen LogP) is 6.21. The molecule has 0 bridgehead atoms. The fourth-order valence-electron chi connectivity index (χ4n) is 1.47. The Morgan fingerprint density at radius 3 is 2.47 bits per heavy atom. The summed E-state index contributed by atoms with van der Waals surface area (Å²) in [5.41, 5.74) is 1.10. The molecule has 0 spiro atoms. The van der Waals surface area contributed by atoms with Gasteiger partial charge in [0, 0.05) is 19.5 Å². The van der Waals surface area contributed by atoms with Gasteiger partial charge in [-0.15, -0.1) is 11.3 Å². The molecule has 0 aliphatic rings. The van der Waals surface area contributed by atoms with Crippen molar-refractivity contribution in [3.63, 3.8) is 0 Å². The molecule has 17 heavy (non-hydrogen) atoms. The molecule has 2 aromatic rings. The lowest BCUT2D eigenvalue weighted by molar-refractivity contribution is 0.907. The molecule has 1 N–H and O–H groups in total. The smallest absolute Gasteiger partial charge is 0.0702 e. The molecular weight excluding hydrogens is 430 g/mol. The average molecular weight is 440 g/mol. The van der Waals surface area contributed by atoms with Crippen LogP contribution in [0.25, 0.3) is 0 Å². The van der Waals surface area contributed by atoms with Crippen LogP contribution in [-0.2, 0) is 0 Å². The van der Waals surface area contributed by atoms with E-state index in [9.17, 15) is 0 Å². The Morgan fingerprint density at radius 1 is 1.12 bits per heavy atom. The van der Waals surface area contributed by atoms with Gasteiger partial charge in [-0.1, -0.05) is 15.9 Å². The first-order valence-corrected chi connectivity index (χ1v) is 8.22. The van der Waals surface area contributed by atoms with Gasteiger partial charge in [-0.05, 0) is 69.1 Å². The van der Waals surface area contributed by atoms with E-state index in [0.29, 0.717) is 6.04 Å². The minimum atomic E-state index is 0.295. The van der Waals surface area contributed by atoms with Crippen LogP contribution in [0.1, 0.15) is 17.8 Å². The van der Waals surface area contributed by atoms with E-state index in [4.69, 9.17) is 0 Å². The minimum Gasteiger partial charge on any atom is -0.377 e. The second-order valence-electron chi connectivity index (χ2n) is 3.63. The number of rotatable bonds is 3. The Kier molecular flexibility index (Phi) is 4.69. The highest BCUT2D eigenvalue weighted by Gasteiger charge is 2.09. The van der Waals surface area contributed by atoms with Gasteiger partial charge in [-0.2, -0.15) is 0 Å². The Morgan fingerprint density at radius 2 is 1.88 bits per heavy atom. The van der Waals surface area contributed by atoms with Crippen LogP contribution >= 0.6 is 59.1 Å². The van der Waals surface area contributed by atoms with Gasteiger partial charge < -0.3 is 5.32 Å². The fraction of sp³-hybridized carbons (Fsp3) is 0.167. The lowest BCUT2D eigenvalue weighted by Gasteiger charge is -2.15. The molecule has 0 saturated heterocycles. The topological polar surface area (TPSA) is 12.0 Å². The summed E-state index contributed by atoms with van der Waals surface area (Å²) < 4.78 is 3.30. The Bertz CT molecular complexity index is 524. The van der Waals surface area contributed by atoms with Crippen molar-refractivity contribution in [2.24, 2.45) is 0 Å². The van der Waals surface area contributed by atoms with Crippen LogP contribution in [-0.4, -0.2) is 0 Å². The first kappa shape index (κ1) is 13.6. The molecule has 90 valence electrons. The molecule has 1 atom stereocenters. The summed E-state index contributed by atoms with van der Waals surface area (Å²) in [5.74, 6) is 0. The summed E-state index contributed by atoms with van der Waals surface area (Å²) in [6.07, 6.45) is 0. The number of hydrogen-bond donors (Lipinski definition) is 1. The second kappa shape index (κ2) is 5.87. The van der Waals surface area contributed by atoms with E-state index in [1.807, 2.05) is 12.1 Å². The van der Waals surface area contributed by atoms with Gasteiger partial charge >= 0.3 is 0 Å². The third-order valence-corrected chi connectivity index (χ3v) is 5.28. The van der Waals surface area contributed by atoms with Gasteiger partial charge in [0.05, 0.1) is 9.83 Å². The summed E-state index contributed by atoms with van der Waals surface area (Å²) in [4.78, 5) is 1.31. The molecule has 0 amide bonds. The largest absolute Gasteiger partial charge is 0.377 e. The highest BCUT2D eigenvalue weighted by atomic mass is 79.9. The van der Waals surface area contributed by atoms with E-state index in [-0.39, 0.29) is 0 Å². The molecule has 0 saturated carbocycles. The SMILES string of the molecule is CC(Nc1ccc(Br)cc1Br)c1ccc(Br)s1. The van der Waals surface area contributed by atoms with Crippen LogP contribution in [0.3, 0.4) is 0 Å². The lowest BCUT2D eigenvalue weighted by Crippen LogP contribution is -2.05. The molecular formula is C12H10Br3NS. The monoisotopic (exact) mass is 437 g/mol. The van der Waals surface area contributed by atoms with Crippen molar-refractivity contribution in [3.8, 4) is 0 Å². The van der Waals surface area contributed by atoms with Crippen LogP contribution in [0.4, 0.5) is 5.69 Å². The number of halogens is 3. The maximum absolute atomic E-state index is 3.55. The number of anilines is 1. The fourth-order valence-corrected chi connectivity index (χ4v) is 4.06. The van der Waals surface area contributed by atoms with Crippen molar-refractivity contribution in [2.45, 2.75) is 13.0 Å². The number of nitrogens with one attached hydrogen (secondary N) is 1. The highest BCUT2D eigenvalue weighted by molar-refractivity contribution is 9.11. The van der Waals surface area contributed by atoms with Gasteiger partial charge in [0.25, 0.3) is 0 Å². The summed E-state index contributed by atoms with van der Waals surface area (Å²) in [6.45, 7) is 2.16. The molecule has 5 heteroatoms. The number of benzene rings is 1. The maximum Gasteiger partial charge on any atom is 0.0702 e. The van der Waals surface area contributed by atoms with E-state index < -0.39 is 0 Å². The van der Waals surface area contributed by atoms with Crippen molar-refractivity contribution < 1.29 is 0 Å². The Hall–Kier alpha value is 0.160. The molecule has 1 nitrogen and oxygen atoms in total. The number of hydrogen-bond acceptors (Lipinski definition) is 2. The van der Waals surface area contributed by atoms with Crippen molar-refractivity contribution in [1.29, 1.82) is 0 Å². The molecule has 1 aromatic heterocycles. The molecule has 0 fully saturated rings. The summed E-state index contributed by atoms with van der Waals surface area (Å²) in [7, 11) is 0. The molecule has 0 aliphatic carbocycles. The Balaban J connectivity index is 2.15. The molecule has 1 heterocycles. The lowest BCUT2D eigenvalue weighted by atomic mass is 10.2. The normalized spacial score (nSPS) is 12.5. The van der Waals surface area contributed by atoms with Crippen LogP contribution in [0, 0.1) is 0 Å². The zero-order chi connectivity index (χ0) is 12.4. The standard InChI is InChI=1S/C12H10Br3NS/c1-7(11-4-5-12(15)17-11)16-10-3-2-8(13)6-9(10)14/h2-7,16H,1H3. The minimum absolute atomic E-state index is 0.295. The first-order valence-electron chi connectivity index (χ1n) is 5.03. The van der Waals surface area contributed by atoms with Crippen molar-refractivity contribution in [2.75, 3.05) is 5.32 Å². The van der Waals surface area contributed by atoms with Crippen molar-refractivity contribution in [1.82, 2.24) is 0 Å². The zero-order valence-corrected chi connectivity index (χ0v) is 14.6. The zero-order valence-electron chi connectivity index (χ0n) is 9.01. The van der Waals surface area contributed by atoms with E-state index in [0.717, 1.165) is 18.4 Å². The van der Waals surface area contributed by atoms with Crippen LogP contribution in [0.2, 0.25) is 0 Å². The van der Waals surface area contributed by atoms with Gasteiger partial charge in [-0.25, -0.2) is 0 Å². The molecule has 0 radical (unpaired) electrons. The highest BCUT2D eigenvalue weighted by Crippen LogP contribution is 2.32. The third-order valence-electron chi connectivity index (χ3n) is 2.32. The molecule has 0 aliphatic heterocycles. The third kappa shape index (κ3) is 3.56. The van der Waals surface area contributed by atoms with Crippen LogP contribution in [0.5, 0.6) is 0 Å². The van der Waals surface area contributed by atoms with Crippen LogP contribution in [0.15, 0.2) is 43.1 Å². The molecule has 2 rings (SSSR count). The number of thiophene rings is 1. The van der Waals surface area contributed by atoms with Gasteiger partial charge in [0.1, 0.15) is 0 Å². The molecule has 1 unspecified atom stereocenters. The van der Waals surface area contributed by atoms with E-state index >= 15 is 0 Å². The van der Waals surface area contributed by atoms with E-state index in [1.165, 1.54) is 4.88 Å². The second-order valence-corrected chi connectivity index (χ2v) is 7.90. The quantitative estimate of drug-likeness (QED) is 0.599. The van der Waals surface area contributed by atoms with E-state index in [1.54, 1.807) is 11.3 Å². The summed E-state index contributed by atoms with van der Waals surface area (Å²) in [5, 5.41) is 3.49. The first-order chi connectivity index (χ1) is 8.06. The van der Waals surface area contributed by atoms with Gasteiger partial charge in [0.15, 0.2) is 0 Å². The molecule has 1 aromatic carbocycles. The maximum atomic E-state index is 3.55. The van der Waals surface area contributed by atoms with Gasteiger partial charge in [0.2, 0.25) is 0 Å². The van der Waals surface area contributed by atoms with Crippen LogP contribution < -0.4 is 5.32 Å². The summed E-state index contributed by atoms with van der Waals surface area (Å²) >= 11 is 12.2. The summed E-state index contributed by atoms with van der Waals surface area (Å²) in [6, 6.07) is 10.6. The van der Waals surface area contributed by atoms with Gasteiger partial charge in [-0.3, -0.25) is 0 Å². The van der Waals surface area contributed by atoms with Crippen molar-refractivity contribution >= 4 is 64.8 Å². The van der Waals surface area contributed by atoms with E-state index in [2.05, 4.69) is 78.2 Å². The average Bonchev–Trinajstić information content (AvgIpc) is 2.69.